The quantitative estimate of drug-likeness (QED) is 0.713. The summed E-state index contributed by atoms with van der Waals surface area (Å²) < 4.78 is 17.4. The third kappa shape index (κ3) is 2.14. The molecule has 1 heterocycles. The van der Waals surface area contributed by atoms with E-state index in [-0.39, 0.29) is 12.4 Å². The molecule has 5 nitrogen and oxygen atoms in total. The number of carbonyl (C=O) groups excluding carboxylic acids is 1. The highest BCUT2D eigenvalue weighted by atomic mass is 19.1. The monoisotopic (exact) mass is 223 g/mol. The van der Waals surface area contributed by atoms with Crippen LogP contribution in [0.5, 0.6) is 0 Å². The number of rotatable bonds is 3. The first-order valence-electron chi connectivity index (χ1n) is 4.61. The molecule has 0 spiro atoms. The van der Waals surface area contributed by atoms with Gasteiger partial charge in [0, 0.05) is 0 Å². The van der Waals surface area contributed by atoms with E-state index < -0.39 is 17.2 Å². The van der Waals surface area contributed by atoms with Crippen LogP contribution < -0.4 is 0 Å². The number of halogens is 1. The lowest BCUT2D eigenvalue weighted by molar-refractivity contribution is -0.147. The van der Waals surface area contributed by atoms with Gasteiger partial charge < -0.3 is 4.74 Å². The second-order valence-corrected chi connectivity index (χ2v) is 3.18. The van der Waals surface area contributed by atoms with Crippen molar-refractivity contribution in [3.8, 4) is 6.07 Å². The molecule has 0 aliphatic carbocycles. The molecule has 0 N–H and O–H groups in total. The van der Waals surface area contributed by atoms with Crippen LogP contribution in [0.3, 0.4) is 0 Å². The molecular weight excluding hydrogens is 213 g/mol. The average Bonchev–Trinajstić information content (AvgIpc) is 2.29. The minimum absolute atomic E-state index is 0.0742. The number of esters is 1. The summed E-state index contributed by atoms with van der Waals surface area (Å²) in [7, 11) is 0. The first kappa shape index (κ1) is 12.0. The van der Waals surface area contributed by atoms with Gasteiger partial charge in [0.1, 0.15) is 0 Å². The Balaban J connectivity index is 3.10. The summed E-state index contributed by atoms with van der Waals surface area (Å²) in [4.78, 5) is 18.8. The van der Waals surface area contributed by atoms with Crippen LogP contribution in [0.15, 0.2) is 12.4 Å². The highest BCUT2D eigenvalue weighted by Gasteiger charge is 2.40. The molecule has 6 heteroatoms. The number of hydrogen-bond acceptors (Lipinski definition) is 5. The average molecular weight is 223 g/mol. The van der Waals surface area contributed by atoms with Gasteiger partial charge in [-0.25, -0.2) is 19.2 Å². The predicted molar refractivity (Wildman–Crippen MR) is 51.6 cm³/mol. The highest BCUT2D eigenvalue weighted by molar-refractivity contribution is 5.85. The maximum absolute atomic E-state index is 12.6. The van der Waals surface area contributed by atoms with Gasteiger partial charge in [0.2, 0.25) is 5.41 Å². The molecule has 16 heavy (non-hydrogen) atoms. The van der Waals surface area contributed by atoms with E-state index in [0.29, 0.717) is 0 Å². The molecule has 1 rings (SSSR count). The van der Waals surface area contributed by atoms with Crippen LogP contribution in [0.1, 0.15) is 19.7 Å². The fourth-order valence-electron chi connectivity index (χ4n) is 1.03. The van der Waals surface area contributed by atoms with E-state index in [1.165, 1.54) is 6.92 Å². The fourth-order valence-corrected chi connectivity index (χ4v) is 1.03. The number of hydrogen-bond donors (Lipinski definition) is 0. The van der Waals surface area contributed by atoms with Gasteiger partial charge in [-0.1, -0.05) is 0 Å². The Kier molecular flexibility index (Phi) is 3.51. The van der Waals surface area contributed by atoms with Crippen molar-refractivity contribution in [2.75, 3.05) is 6.61 Å². The van der Waals surface area contributed by atoms with Crippen molar-refractivity contribution < 1.29 is 13.9 Å². The van der Waals surface area contributed by atoms with Gasteiger partial charge in [-0.3, -0.25) is 0 Å². The van der Waals surface area contributed by atoms with E-state index in [1.807, 2.05) is 0 Å². The zero-order chi connectivity index (χ0) is 12.2. The van der Waals surface area contributed by atoms with E-state index in [1.54, 1.807) is 13.0 Å². The van der Waals surface area contributed by atoms with Crippen LogP contribution in [0.4, 0.5) is 4.39 Å². The molecule has 1 aromatic heterocycles. The van der Waals surface area contributed by atoms with Crippen LogP contribution in [0.25, 0.3) is 0 Å². The Bertz CT molecular complexity index is 427. The van der Waals surface area contributed by atoms with Crippen LogP contribution in [0.2, 0.25) is 0 Å². The van der Waals surface area contributed by atoms with Gasteiger partial charge in [-0.2, -0.15) is 5.26 Å². The Morgan fingerprint density at radius 1 is 1.62 bits per heavy atom. The van der Waals surface area contributed by atoms with Gasteiger partial charge >= 0.3 is 5.97 Å². The van der Waals surface area contributed by atoms with Crippen molar-refractivity contribution >= 4 is 5.97 Å². The molecule has 0 aliphatic rings. The minimum Gasteiger partial charge on any atom is -0.464 e. The van der Waals surface area contributed by atoms with Gasteiger partial charge in [0.15, 0.2) is 11.6 Å². The second kappa shape index (κ2) is 4.66. The predicted octanol–water partition coefficient (Wildman–Crippen LogP) is 0.960. The summed E-state index contributed by atoms with van der Waals surface area (Å²) in [6.45, 7) is 3.11. The molecule has 0 saturated heterocycles. The molecular formula is C10H10FN3O2. The van der Waals surface area contributed by atoms with Gasteiger partial charge in [0.05, 0.1) is 25.1 Å². The zero-order valence-corrected chi connectivity index (χ0v) is 8.90. The van der Waals surface area contributed by atoms with Crippen LogP contribution in [-0.4, -0.2) is 22.5 Å². The number of nitriles is 1. The normalized spacial score (nSPS) is 13.6. The SMILES string of the molecule is CCOC(=O)C(C)(C#N)c1ncc(F)cn1. The summed E-state index contributed by atoms with van der Waals surface area (Å²) in [5.41, 5.74) is -1.61. The number of ether oxygens (including phenoxy) is 1. The lowest BCUT2D eigenvalue weighted by Gasteiger charge is -2.17. The Labute approximate surface area is 91.9 Å². The molecule has 0 aliphatic heterocycles. The third-order valence-electron chi connectivity index (χ3n) is 1.97. The Hall–Kier alpha value is -2.03. The second-order valence-electron chi connectivity index (χ2n) is 3.18. The zero-order valence-electron chi connectivity index (χ0n) is 8.90. The number of aromatic nitrogens is 2. The molecule has 0 bridgehead atoms. The molecule has 0 aromatic carbocycles. The molecule has 0 fully saturated rings. The smallest absolute Gasteiger partial charge is 0.334 e. The first-order chi connectivity index (χ1) is 7.54. The van der Waals surface area contributed by atoms with E-state index in [2.05, 4.69) is 9.97 Å². The highest BCUT2D eigenvalue weighted by Crippen LogP contribution is 2.20. The number of nitrogens with zero attached hydrogens (tertiary/aromatic N) is 3. The van der Waals surface area contributed by atoms with Gasteiger partial charge in [-0.05, 0) is 13.8 Å². The van der Waals surface area contributed by atoms with Crippen molar-refractivity contribution in [3.05, 3.63) is 24.0 Å². The molecule has 1 atom stereocenters. The number of carbonyl (C=O) groups is 1. The van der Waals surface area contributed by atoms with E-state index in [0.717, 1.165) is 12.4 Å². The van der Waals surface area contributed by atoms with Gasteiger partial charge in [0.25, 0.3) is 0 Å². The van der Waals surface area contributed by atoms with Crippen LogP contribution in [-0.2, 0) is 14.9 Å². The molecule has 84 valence electrons. The summed E-state index contributed by atoms with van der Waals surface area (Å²) in [5.74, 6) is -1.45. The third-order valence-corrected chi connectivity index (χ3v) is 1.97. The lowest BCUT2D eigenvalue weighted by atomic mass is 9.92. The van der Waals surface area contributed by atoms with Crippen molar-refractivity contribution in [1.82, 2.24) is 9.97 Å². The topological polar surface area (TPSA) is 75.9 Å². The summed E-state index contributed by atoms with van der Waals surface area (Å²) in [6, 6.07) is 1.78. The van der Waals surface area contributed by atoms with Crippen molar-refractivity contribution in [1.29, 1.82) is 5.26 Å². The molecule has 0 saturated carbocycles. The van der Waals surface area contributed by atoms with Crippen LogP contribution in [0, 0.1) is 17.1 Å². The summed E-state index contributed by atoms with van der Waals surface area (Å²) in [6.07, 6.45) is 1.80. The molecule has 0 radical (unpaired) electrons. The summed E-state index contributed by atoms with van der Waals surface area (Å²) >= 11 is 0. The Morgan fingerprint density at radius 3 is 2.62 bits per heavy atom. The fraction of sp³-hybridized carbons (Fsp3) is 0.400. The maximum atomic E-state index is 12.6. The Morgan fingerprint density at radius 2 is 2.19 bits per heavy atom. The van der Waals surface area contributed by atoms with Crippen molar-refractivity contribution in [3.63, 3.8) is 0 Å². The standard InChI is InChI=1S/C10H10FN3O2/c1-3-16-9(15)10(2,6-12)8-13-4-7(11)5-14-8/h4-5H,3H2,1-2H3. The lowest BCUT2D eigenvalue weighted by Crippen LogP contribution is -2.34. The first-order valence-corrected chi connectivity index (χ1v) is 4.61. The van der Waals surface area contributed by atoms with E-state index >= 15 is 0 Å². The minimum atomic E-state index is -1.61. The maximum Gasteiger partial charge on any atom is 0.334 e. The van der Waals surface area contributed by atoms with Crippen molar-refractivity contribution in [2.24, 2.45) is 0 Å². The largest absolute Gasteiger partial charge is 0.464 e. The van der Waals surface area contributed by atoms with E-state index in [9.17, 15) is 9.18 Å². The van der Waals surface area contributed by atoms with Crippen LogP contribution >= 0.6 is 0 Å². The van der Waals surface area contributed by atoms with Gasteiger partial charge in [-0.15, -0.1) is 0 Å². The summed E-state index contributed by atoms with van der Waals surface area (Å²) in [5, 5.41) is 8.98. The molecule has 1 unspecified atom stereocenters. The van der Waals surface area contributed by atoms with Crippen molar-refractivity contribution in [2.45, 2.75) is 19.3 Å². The molecule has 0 amide bonds. The molecule has 1 aromatic rings. The van der Waals surface area contributed by atoms with E-state index in [4.69, 9.17) is 10.00 Å².